The second-order valence-electron chi connectivity index (χ2n) is 12.1. The van der Waals surface area contributed by atoms with Crippen molar-refractivity contribution < 1.29 is 29.0 Å². The van der Waals surface area contributed by atoms with E-state index in [1.807, 2.05) is 43.9 Å². The van der Waals surface area contributed by atoms with Gasteiger partial charge in [0.15, 0.2) is 0 Å². The number of ether oxygens (including phenoxy) is 1. The van der Waals surface area contributed by atoms with E-state index in [1.54, 1.807) is 4.90 Å². The Morgan fingerprint density at radius 3 is 2.23 bits per heavy atom. The molecule has 13 heteroatoms. The summed E-state index contributed by atoms with van der Waals surface area (Å²) in [5.74, 6) is -1.05. The van der Waals surface area contributed by atoms with Crippen LogP contribution in [0, 0.1) is 38.5 Å². The van der Waals surface area contributed by atoms with Crippen molar-refractivity contribution in [2.75, 3.05) is 70.5 Å². The third kappa shape index (κ3) is 7.03. The number of rotatable bonds is 11. The molecule has 4 heterocycles. The largest absolute Gasteiger partial charge is 0.480 e. The van der Waals surface area contributed by atoms with E-state index < -0.39 is 12.6 Å². The number of benzene rings is 1. The highest BCUT2D eigenvalue weighted by atomic mass is 35.5. The Hall–Kier alpha value is -3.61. The Morgan fingerprint density at radius 2 is 1.61 bits per heavy atom. The number of nitrogens with zero attached hydrogens (tertiary/aromatic N) is 6. The average molecular weight is 627 g/mol. The number of hydrogen-bond donors (Lipinski definition) is 1. The van der Waals surface area contributed by atoms with Gasteiger partial charge in [-0.25, -0.2) is 14.8 Å². The fourth-order valence-electron chi connectivity index (χ4n) is 6.44. The number of carboxylic acids is 1. The maximum Gasteiger partial charge on any atom is 0.329 e. The maximum absolute atomic E-state index is 13.6. The number of fused-ring (bicyclic) bond motifs is 1. The number of anilines is 1. The molecule has 236 valence electrons. The SMILES string of the molecule is Cc1ccc(N(CCCN2CC3CN(C(=O)c4c(C)ncnc4C)CC3C2)C(=O)C2CN(C(=O)COCC(=O)O)C2)cc1Cl. The van der Waals surface area contributed by atoms with Gasteiger partial charge in [-0.3, -0.25) is 14.4 Å². The summed E-state index contributed by atoms with van der Waals surface area (Å²) in [6.45, 7) is 9.86. The summed E-state index contributed by atoms with van der Waals surface area (Å²) in [5, 5.41) is 9.28. The summed E-state index contributed by atoms with van der Waals surface area (Å²) >= 11 is 6.42. The van der Waals surface area contributed by atoms with E-state index in [1.165, 1.54) is 11.2 Å². The average Bonchev–Trinajstić information content (AvgIpc) is 3.51. The van der Waals surface area contributed by atoms with Crippen LogP contribution >= 0.6 is 11.6 Å². The molecule has 3 saturated heterocycles. The standard InChI is InChI=1S/C31H39ClN6O6/c1-19-5-6-25(9-26(19)32)38(30(42)24-14-36(15-24)27(39)16-44-17-28(40)41)8-4-7-35-10-22-12-37(13-23(22)11-35)31(43)29-20(2)33-18-34-21(29)3/h5-6,9,18,22-24H,4,7-8,10-17H2,1-3H3,(H,40,41). The zero-order valence-corrected chi connectivity index (χ0v) is 26.1. The van der Waals surface area contributed by atoms with Crippen LogP contribution in [-0.4, -0.2) is 119 Å². The summed E-state index contributed by atoms with van der Waals surface area (Å²) < 4.78 is 4.90. The quantitative estimate of drug-likeness (QED) is 0.397. The molecule has 2 atom stereocenters. The van der Waals surface area contributed by atoms with Crippen LogP contribution in [0.5, 0.6) is 0 Å². The molecule has 1 N–H and O–H groups in total. The zero-order chi connectivity index (χ0) is 31.5. The summed E-state index contributed by atoms with van der Waals surface area (Å²) in [6, 6.07) is 5.60. The van der Waals surface area contributed by atoms with Gasteiger partial charge in [-0.15, -0.1) is 0 Å². The number of hydrogen-bond acceptors (Lipinski definition) is 8. The van der Waals surface area contributed by atoms with E-state index in [0.717, 1.165) is 50.4 Å². The van der Waals surface area contributed by atoms with Gasteiger partial charge in [-0.05, 0) is 63.3 Å². The summed E-state index contributed by atoms with van der Waals surface area (Å²) in [4.78, 5) is 65.8. The van der Waals surface area contributed by atoms with Crippen molar-refractivity contribution in [3.05, 3.63) is 52.1 Å². The molecule has 0 spiro atoms. The molecule has 0 bridgehead atoms. The fourth-order valence-corrected chi connectivity index (χ4v) is 6.62. The van der Waals surface area contributed by atoms with Gasteiger partial charge in [0.05, 0.1) is 22.9 Å². The van der Waals surface area contributed by atoms with Gasteiger partial charge in [0, 0.05) is 56.5 Å². The lowest BCUT2D eigenvalue weighted by atomic mass is 9.97. The highest BCUT2D eigenvalue weighted by molar-refractivity contribution is 6.31. The zero-order valence-electron chi connectivity index (χ0n) is 25.4. The normalized spacial score (nSPS) is 20.0. The van der Waals surface area contributed by atoms with Crippen molar-refractivity contribution >= 4 is 41.0 Å². The first kappa shape index (κ1) is 31.8. The molecule has 12 nitrogen and oxygen atoms in total. The van der Waals surface area contributed by atoms with Crippen molar-refractivity contribution in [3.63, 3.8) is 0 Å². The van der Waals surface area contributed by atoms with Crippen molar-refractivity contribution in [2.24, 2.45) is 17.8 Å². The number of carbonyl (C=O) groups is 4. The highest BCUT2D eigenvalue weighted by Gasteiger charge is 2.42. The minimum atomic E-state index is -1.14. The van der Waals surface area contributed by atoms with Crippen LogP contribution in [-0.2, 0) is 19.1 Å². The topological polar surface area (TPSA) is 136 Å². The first-order chi connectivity index (χ1) is 21.0. The van der Waals surface area contributed by atoms with Crippen LogP contribution in [0.4, 0.5) is 5.69 Å². The molecule has 2 aromatic rings. The lowest BCUT2D eigenvalue weighted by Crippen LogP contribution is -2.57. The Morgan fingerprint density at radius 1 is 0.955 bits per heavy atom. The number of amides is 3. The fraction of sp³-hybridized carbons (Fsp3) is 0.548. The third-order valence-electron chi connectivity index (χ3n) is 8.91. The molecule has 2 unspecified atom stereocenters. The number of likely N-dealkylation sites (tertiary alicyclic amines) is 3. The lowest BCUT2D eigenvalue weighted by molar-refractivity contribution is -0.149. The van der Waals surface area contributed by atoms with Crippen LogP contribution in [0.15, 0.2) is 24.5 Å². The van der Waals surface area contributed by atoms with E-state index in [2.05, 4.69) is 14.9 Å². The summed E-state index contributed by atoms with van der Waals surface area (Å²) in [6.07, 6.45) is 2.25. The molecule has 5 rings (SSSR count). The van der Waals surface area contributed by atoms with E-state index >= 15 is 0 Å². The number of carbonyl (C=O) groups excluding carboxylic acids is 3. The van der Waals surface area contributed by atoms with Crippen molar-refractivity contribution in [1.29, 1.82) is 0 Å². The van der Waals surface area contributed by atoms with Gasteiger partial charge >= 0.3 is 5.97 Å². The number of aromatic nitrogens is 2. The predicted octanol–water partition coefficient (Wildman–Crippen LogP) is 2.04. The highest BCUT2D eigenvalue weighted by Crippen LogP contribution is 2.33. The van der Waals surface area contributed by atoms with E-state index in [0.29, 0.717) is 40.4 Å². The Balaban J connectivity index is 1.14. The van der Waals surface area contributed by atoms with E-state index in [4.69, 9.17) is 21.4 Å². The summed E-state index contributed by atoms with van der Waals surface area (Å²) in [7, 11) is 0. The number of halogens is 1. The number of aliphatic carboxylic acids is 1. The van der Waals surface area contributed by atoms with Gasteiger partial charge < -0.3 is 29.4 Å². The Kier molecular flexibility index (Phi) is 9.81. The van der Waals surface area contributed by atoms with Gasteiger partial charge in [0.2, 0.25) is 11.8 Å². The monoisotopic (exact) mass is 626 g/mol. The third-order valence-corrected chi connectivity index (χ3v) is 9.32. The first-order valence-corrected chi connectivity index (χ1v) is 15.3. The van der Waals surface area contributed by atoms with Crippen LogP contribution < -0.4 is 4.90 Å². The van der Waals surface area contributed by atoms with E-state index in [-0.39, 0.29) is 43.3 Å². The molecule has 0 radical (unpaired) electrons. The van der Waals surface area contributed by atoms with Gasteiger partial charge in [0.1, 0.15) is 19.5 Å². The molecule has 44 heavy (non-hydrogen) atoms. The molecule has 0 aliphatic carbocycles. The molecule has 3 amide bonds. The summed E-state index contributed by atoms with van der Waals surface area (Å²) in [5.41, 5.74) is 3.67. The van der Waals surface area contributed by atoms with Crippen LogP contribution in [0.25, 0.3) is 0 Å². The smallest absolute Gasteiger partial charge is 0.329 e. The number of carboxylic acid groups (broad SMARTS) is 1. The van der Waals surface area contributed by atoms with Gasteiger partial charge in [-0.2, -0.15) is 0 Å². The van der Waals surface area contributed by atoms with Crippen LogP contribution in [0.3, 0.4) is 0 Å². The van der Waals surface area contributed by atoms with Gasteiger partial charge in [0.25, 0.3) is 5.91 Å². The molecular weight excluding hydrogens is 588 g/mol. The minimum Gasteiger partial charge on any atom is -0.480 e. The van der Waals surface area contributed by atoms with Crippen LogP contribution in [0.1, 0.15) is 33.7 Å². The van der Waals surface area contributed by atoms with Crippen molar-refractivity contribution in [2.45, 2.75) is 27.2 Å². The second kappa shape index (κ2) is 13.6. The molecule has 3 aliphatic heterocycles. The molecule has 0 saturated carbocycles. The minimum absolute atomic E-state index is 0.0107. The molecule has 3 aliphatic rings. The lowest BCUT2D eigenvalue weighted by Gasteiger charge is -2.40. The van der Waals surface area contributed by atoms with Gasteiger partial charge in [-0.1, -0.05) is 17.7 Å². The molecule has 3 fully saturated rings. The van der Waals surface area contributed by atoms with E-state index in [9.17, 15) is 19.2 Å². The van der Waals surface area contributed by atoms with Crippen LogP contribution in [0.2, 0.25) is 5.02 Å². The Labute approximate surface area is 261 Å². The second-order valence-corrected chi connectivity index (χ2v) is 12.5. The molecular formula is C31H39ClN6O6. The Bertz CT molecular complexity index is 1400. The maximum atomic E-state index is 13.6. The molecule has 1 aromatic heterocycles. The van der Waals surface area contributed by atoms with Crippen molar-refractivity contribution in [1.82, 2.24) is 24.7 Å². The van der Waals surface area contributed by atoms with Crippen molar-refractivity contribution in [3.8, 4) is 0 Å². The predicted molar refractivity (Wildman–Crippen MR) is 163 cm³/mol. The molecule has 1 aromatic carbocycles. The first-order valence-electron chi connectivity index (χ1n) is 15.0. The number of aryl methyl sites for hydroxylation is 3.